The highest BCUT2D eigenvalue weighted by atomic mass is 16.5. The average Bonchev–Trinajstić information content (AvgIpc) is 3.16. The molecule has 8 nitrogen and oxygen atoms in total. The van der Waals surface area contributed by atoms with E-state index in [1.54, 1.807) is 0 Å². The summed E-state index contributed by atoms with van der Waals surface area (Å²) >= 11 is 0. The Labute approximate surface area is 202 Å². The molecule has 35 heavy (non-hydrogen) atoms. The lowest BCUT2D eigenvalue weighted by Crippen LogP contribution is -2.28. The van der Waals surface area contributed by atoms with E-state index in [2.05, 4.69) is 9.97 Å². The van der Waals surface area contributed by atoms with Crippen molar-refractivity contribution in [1.29, 1.82) is 0 Å². The number of nitrogens with two attached hydrogens (primary N) is 1. The number of rotatable bonds is 6. The minimum Gasteiger partial charge on any atom is -0.494 e. The van der Waals surface area contributed by atoms with Gasteiger partial charge in [0.05, 0.1) is 18.7 Å². The molecule has 0 saturated carbocycles. The molecule has 3 N–H and O–H groups in total. The zero-order valence-corrected chi connectivity index (χ0v) is 19.9. The second kappa shape index (κ2) is 9.06. The van der Waals surface area contributed by atoms with Crippen LogP contribution in [-0.2, 0) is 6.54 Å². The van der Waals surface area contributed by atoms with E-state index in [9.17, 15) is 4.79 Å². The fourth-order valence-corrected chi connectivity index (χ4v) is 4.41. The van der Waals surface area contributed by atoms with Gasteiger partial charge in [-0.05, 0) is 44.5 Å². The summed E-state index contributed by atoms with van der Waals surface area (Å²) in [5.74, 6) is 0.934. The predicted molar refractivity (Wildman–Crippen MR) is 135 cm³/mol. The number of hydrogen-bond donors (Lipinski definition) is 1. The quantitative estimate of drug-likeness (QED) is 0.410. The van der Waals surface area contributed by atoms with Gasteiger partial charge in [-0.25, -0.2) is 9.78 Å². The number of benzene rings is 2. The molecule has 2 aromatic carbocycles. The Balaban J connectivity index is 1.79. The maximum absolute atomic E-state index is 13.5. The third kappa shape index (κ3) is 4.14. The smallest absolute Gasteiger partial charge is 0.411 e. The molecule has 0 atom stereocenters. The van der Waals surface area contributed by atoms with Gasteiger partial charge in [0.15, 0.2) is 0 Å². The number of para-hydroxylation sites is 1. The summed E-state index contributed by atoms with van der Waals surface area (Å²) in [6, 6.07) is 21.5. The Morgan fingerprint density at radius 2 is 1.66 bits per heavy atom. The molecule has 176 valence electrons. The van der Waals surface area contributed by atoms with E-state index in [0.29, 0.717) is 12.3 Å². The van der Waals surface area contributed by atoms with Gasteiger partial charge in [-0.3, -0.25) is 10.7 Å². The monoisotopic (exact) mass is 467 g/mol. The largest absolute Gasteiger partial charge is 0.494 e. The molecule has 5 rings (SSSR count). The van der Waals surface area contributed by atoms with Crippen LogP contribution in [0.1, 0.15) is 23.9 Å². The van der Waals surface area contributed by atoms with Gasteiger partial charge >= 0.3 is 11.6 Å². The van der Waals surface area contributed by atoms with Crippen molar-refractivity contribution in [3.05, 3.63) is 94.2 Å². The number of aryl methyl sites for hydroxylation is 2. The molecule has 0 bridgehead atoms. The average molecular weight is 468 g/mol. The van der Waals surface area contributed by atoms with Gasteiger partial charge in [0.1, 0.15) is 11.4 Å². The maximum atomic E-state index is 13.5. The number of hydrogen-bond acceptors (Lipinski definition) is 5. The van der Waals surface area contributed by atoms with E-state index < -0.39 is 0 Å². The summed E-state index contributed by atoms with van der Waals surface area (Å²) in [5, 5.41) is 4.78. The molecule has 3 aromatic heterocycles. The van der Waals surface area contributed by atoms with Crippen molar-refractivity contribution in [2.24, 2.45) is 0 Å². The van der Waals surface area contributed by atoms with Crippen molar-refractivity contribution in [3.63, 3.8) is 0 Å². The van der Waals surface area contributed by atoms with Gasteiger partial charge in [-0.2, -0.15) is 4.68 Å². The van der Waals surface area contributed by atoms with E-state index in [-0.39, 0.29) is 18.2 Å². The van der Waals surface area contributed by atoms with Gasteiger partial charge in [-0.15, -0.1) is 9.50 Å². The number of nitrogens with zero attached hydrogens (tertiary/aromatic N) is 4. The molecule has 3 heterocycles. The molecule has 0 unspecified atom stereocenters. The van der Waals surface area contributed by atoms with Crippen LogP contribution in [0, 0.1) is 13.8 Å². The van der Waals surface area contributed by atoms with E-state index in [0.717, 1.165) is 45.1 Å². The number of pyridine rings is 1. The first-order valence-corrected chi connectivity index (χ1v) is 11.5. The Morgan fingerprint density at radius 3 is 2.37 bits per heavy atom. The van der Waals surface area contributed by atoms with Crippen LogP contribution in [-0.4, -0.2) is 25.8 Å². The molecule has 8 heteroatoms. The van der Waals surface area contributed by atoms with E-state index >= 15 is 0 Å². The summed E-state index contributed by atoms with van der Waals surface area (Å²) < 4.78 is 8.61. The number of aromatic nitrogens is 5. The normalized spacial score (nSPS) is 11.2. The van der Waals surface area contributed by atoms with Gasteiger partial charge in [-0.1, -0.05) is 48.5 Å². The van der Waals surface area contributed by atoms with Crippen molar-refractivity contribution in [3.8, 4) is 28.1 Å². The number of anilines is 1. The second-order valence-corrected chi connectivity index (χ2v) is 8.40. The third-order valence-electron chi connectivity index (χ3n) is 5.83. The number of nitrogens with one attached hydrogen (secondary N) is 1. The first-order valence-electron chi connectivity index (χ1n) is 11.5. The van der Waals surface area contributed by atoms with Crippen LogP contribution >= 0.6 is 0 Å². The Hall–Kier alpha value is -4.46. The SMILES string of the molecule is CCOc1ccccc1Cn1nc2c(-c3cc(C)nc(C)c3)c(-c3ccccc3)[nH+]c(N)n2c1=O. The minimum absolute atomic E-state index is 0.208. The zero-order chi connectivity index (χ0) is 24.5. The Bertz CT molecular complexity index is 1570. The van der Waals surface area contributed by atoms with Crippen LogP contribution in [0.3, 0.4) is 0 Å². The zero-order valence-electron chi connectivity index (χ0n) is 19.9. The molecule has 0 radical (unpaired) electrons. The fourth-order valence-electron chi connectivity index (χ4n) is 4.41. The molecule has 0 saturated heterocycles. The predicted octanol–water partition coefficient (Wildman–Crippen LogP) is 3.69. The number of ether oxygens (including phenoxy) is 1. The number of H-pyrrole nitrogens is 1. The molecule has 0 aliphatic heterocycles. The van der Waals surface area contributed by atoms with Crippen molar-refractivity contribution in [1.82, 2.24) is 19.2 Å². The number of aromatic amines is 1. The molecule has 0 aliphatic rings. The molecule has 0 fully saturated rings. The van der Waals surface area contributed by atoms with Crippen LogP contribution in [0.15, 0.2) is 71.5 Å². The van der Waals surface area contributed by atoms with Crippen molar-refractivity contribution < 1.29 is 9.72 Å². The van der Waals surface area contributed by atoms with Gasteiger partial charge in [0.2, 0.25) is 5.65 Å². The Morgan fingerprint density at radius 1 is 0.971 bits per heavy atom. The highest BCUT2D eigenvalue weighted by molar-refractivity contribution is 5.88. The van der Waals surface area contributed by atoms with E-state index in [1.165, 1.54) is 9.08 Å². The first kappa shape index (κ1) is 22.3. The summed E-state index contributed by atoms with van der Waals surface area (Å²) in [6.07, 6.45) is 0. The molecule has 5 aromatic rings. The van der Waals surface area contributed by atoms with Gasteiger partial charge in [0, 0.05) is 22.5 Å². The molecule has 0 amide bonds. The number of fused-ring (bicyclic) bond motifs is 1. The lowest BCUT2D eigenvalue weighted by molar-refractivity contribution is -0.351. The molecular weight excluding hydrogens is 440 g/mol. The summed E-state index contributed by atoms with van der Waals surface area (Å²) in [4.78, 5) is 21.3. The summed E-state index contributed by atoms with van der Waals surface area (Å²) in [5.41, 5.74) is 12.6. The lowest BCUT2D eigenvalue weighted by atomic mass is 9.99. The molecule has 0 aliphatic carbocycles. The minimum atomic E-state index is -0.330. The van der Waals surface area contributed by atoms with Crippen LogP contribution in [0.2, 0.25) is 0 Å². The van der Waals surface area contributed by atoms with Crippen LogP contribution in [0.25, 0.3) is 28.0 Å². The highest BCUT2D eigenvalue weighted by Crippen LogP contribution is 2.33. The summed E-state index contributed by atoms with van der Waals surface area (Å²) in [7, 11) is 0. The topological polar surface area (TPSA) is 102 Å². The highest BCUT2D eigenvalue weighted by Gasteiger charge is 2.26. The first-order chi connectivity index (χ1) is 17.0. The van der Waals surface area contributed by atoms with Gasteiger partial charge < -0.3 is 4.74 Å². The number of nitrogen functional groups attached to an aromatic ring is 1. The van der Waals surface area contributed by atoms with Crippen LogP contribution in [0.4, 0.5) is 5.95 Å². The van der Waals surface area contributed by atoms with Crippen molar-refractivity contribution in [2.75, 3.05) is 12.3 Å². The molecule has 0 spiro atoms. The fraction of sp³-hybridized carbons (Fsp3) is 0.185. The van der Waals surface area contributed by atoms with Crippen molar-refractivity contribution >= 4 is 11.6 Å². The lowest BCUT2D eigenvalue weighted by Gasteiger charge is -2.10. The third-order valence-corrected chi connectivity index (χ3v) is 5.83. The Kier molecular flexibility index (Phi) is 5.78. The van der Waals surface area contributed by atoms with Crippen molar-refractivity contribution in [2.45, 2.75) is 27.3 Å². The van der Waals surface area contributed by atoms with E-state index in [4.69, 9.17) is 15.6 Å². The second-order valence-electron chi connectivity index (χ2n) is 8.40. The van der Waals surface area contributed by atoms with Crippen LogP contribution < -0.4 is 21.1 Å². The van der Waals surface area contributed by atoms with Crippen LogP contribution in [0.5, 0.6) is 5.75 Å². The van der Waals surface area contributed by atoms with E-state index in [1.807, 2.05) is 87.5 Å². The molecular formula is C27H27N6O2+. The maximum Gasteiger partial charge on any atom is 0.411 e. The standard InChI is InChI=1S/C27H26N6O2/c1-4-35-22-13-9-8-12-20(22)16-32-27(34)33-25(31-32)23(21-14-17(2)29-18(3)15-21)24(30-26(33)28)19-10-6-5-7-11-19/h5-15H,4,16H2,1-3H3,(H2,28,30)/p+1. The van der Waals surface area contributed by atoms with Gasteiger partial charge in [0.25, 0.3) is 0 Å². The summed E-state index contributed by atoms with van der Waals surface area (Å²) in [6.45, 7) is 6.62.